The Morgan fingerprint density at radius 3 is 2.67 bits per heavy atom. The van der Waals surface area contributed by atoms with E-state index in [2.05, 4.69) is 45.2 Å². The lowest BCUT2D eigenvalue weighted by atomic mass is 10.1. The first-order valence-corrected chi connectivity index (χ1v) is 9.18. The molecule has 124 valence electrons. The molecule has 0 N–H and O–H groups in total. The van der Waals surface area contributed by atoms with Crippen molar-refractivity contribution in [2.45, 2.75) is 29.4 Å². The van der Waals surface area contributed by atoms with E-state index in [1.165, 1.54) is 4.90 Å². The van der Waals surface area contributed by atoms with E-state index in [1.807, 2.05) is 18.0 Å². The van der Waals surface area contributed by atoms with E-state index in [0.717, 1.165) is 43.3 Å². The average molecular weight is 340 g/mol. The van der Waals surface area contributed by atoms with Gasteiger partial charge in [-0.15, -0.1) is 11.8 Å². The molecule has 4 rings (SSSR count). The van der Waals surface area contributed by atoms with Gasteiger partial charge in [0.15, 0.2) is 0 Å². The molecule has 0 unspecified atom stereocenters. The van der Waals surface area contributed by atoms with Gasteiger partial charge in [0.05, 0.1) is 6.42 Å². The van der Waals surface area contributed by atoms with Crippen LogP contribution >= 0.6 is 11.8 Å². The minimum atomic E-state index is 0.0921. The first-order chi connectivity index (χ1) is 11.7. The molecule has 2 aliphatic rings. The standard InChI is InChI=1S/C18H20N4OS/c1-21-16(23)11-13-12-19-18(20-17(13)21)22-9-7-15(8-10-22)24-14-5-3-2-4-6-14/h2-6,12,15H,7-11H2,1H3. The molecular weight excluding hydrogens is 320 g/mol. The number of piperidine rings is 1. The number of fused-ring (bicyclic) bond motifs is 1. The number of rotatable bonds is 3. The van der Waals surface area contributed by atoms with E-state index in [0.29, 0.717) is 11.7 Å². The van der Waals surface area contributed by atoms with Gasteiger partial charge >= 0.3 is 0 Å². The number of amides is 1. The third-order valence-electron chi connectivity index (χ3n) is 4.63. The Hall–Kier alpha value is -2.08. The van der Waals surface area contributed by atoms with Crippen molar-refractivity contribution >= 4 is 29.4 Å². The zero-order chi connectivity index (χ0) is 16.5. The monoisotopic (exact) mass is 340 g/mol. The summed E-state index contributed by atoms with van der Waals surface area (Å²) in [6.07, 6.45) is 4.47. The first kappa shape index (κ1) is 15.4. The molecule has 1 saturated heterocycles. The van der Waals surface area contributed by atoms with Gasteiger partial charge in [-0.05, 0) is 25.0 Å². The lowest BCUT2D eigenvalue weighted by Crippen LogP contribution is -2.36. The predicted molar refractivity (Wildman–Crippen MR) is 96.7 cm³/mol. The quantitative estimate of drug-likeness (QED) is 0.860. The second kappa shape index (κ2) is 6.43. The second-order valence-corrected chi connectivity index (χ2v) is 7.64. The molecule has 2 aromatic rings. The van der Waals surface area contributed by atoms with Crippen LogP contribution in [0.15, 0.2) is 41.4 Å². The normalized spacial score (nSPS) is 18.1. The molecule has 6 heteroatoms. The van der Waals surface area contributed by atoms with Crippen LogP contribution in [-0.2, 0) is 11.2 Å². The van der Waals surface area contributed by atoms with Crippen LogP contribution in [-0.4, -0.2) is 41.3 Å². The fourth-order valence-electron chi connectivity index (χ4n) is 3.22. The number of carbonyl (C=O) groups excluding carboxylic acids is 1. The Bertz CT molecular complexity index is 744. The third kappa shape index (κ3) is 2.98. The van der Waals surface area contributed by atoms with Gasteiger partial charge in [-0.2, -0.15) is 4.98 Å². The molecular formula is C18H20N4OS. The summed E-state index contributed by atoms with van der Waals surface area (Å²) in [5, 5.41) is 0.641. The Kier molecular flexibility index (Phi) is 4.14. The Balaban J connectivity index is 1.41. The molecule has 1 aromatic carbocycles. The molecule has 0 saturated carbocycles. The number of aromatic nitrogens is 2. The highest BCUT2D eigenvalue weighted by molar-refractivity contribution is 8.00. The number of hydrogen-bond donors (Lipinski definition) is 0. The molecule has 1 fully saturated rings. The van der Waals surface area contributed by atoms with Crippen molar-refractivity contribution in [2.24, 2.45) is 0 Å². The van der Waals surface area contributed by atoms with Crippen LogP contribution in [0.5, 0.6) is 0 Å². The van der Waals surface area contributed by atoms with Gasteiger partial charge in [0, 0.05) is 42.0 Å². The number of benzene rings is 1. The van der Waals surface area contributed by atoms with Crippen LogP contribution in [0.1, 0.15) is 18.4 Å². The molecule has 0 aliphatic carbocycles. The third-order valence-corrected chi connectivity index (χ3v) is 5.98. The SMILES string of the molecule is CN1C(=O)Cc2cnc(N3CCC(Sc4ccccc4)CC3)nc21. The van der Waals surface area contributed by atoms with Crippen LogP contribution in [0.3, 0.4) is 0 Å². The highest BCUT2D eigenvalue weighted by Crippen LogP contribution is 2.32. The van der Waals surface area contributed by atoms with Crippen molar-refractivity contribution in [2.75, 3.05) is 29.9 Å². The summed E-state index contributed by atoms with van der Waals surface area (Å²) >= 11 is 1.96. The van der Waals surface area contributed by atoms with Crippen molar-refractivity contribution in [1.82, 2.24) is 9.97 Å². The number of anilines is 2. The summed E-state index contributed by atoms with van der Waals surface area (Å²) in [5.41, 5.74) is 0.931. The molecule has 0 spiro atoms. The van der Waals surface area contributed by atoms with Crippen LogP contribution in [0, 0.1) is 0 Å². The highest BCUT2D eigenvalue weighted by Gasteiger charge is 2.28. The fourth-order valence-corrected chi connectivity index (χ4v) is 4.37. The maximum atomic E-state index is 11.8. The highest BCUT2D eigenvalue weighted by atomic mass is 32.2. The molecule has 1 aromatic heterocycles. The minimum Gasteiger partial charge on any atom is -0.341 e. The van der Waals surface area contributed by atoms with E-state index < -0.39 is 0 Å². The van der Waals surface area contributed by atoms with Gasteiger partial charge in [-0.1, -0.05) is 18.2 Å². The number of nitrogens with zero attached hydrogens (tertiary/aromatic N) is 4. The zero-order valence-corrected chi connectivity index (χ0v) is 14.5. The van der Waals surface area contributed by atoms with Crippen LogP contribution in [0.25, 0.3) is 0 Å². The summed E-state index contributed by atoms with van der Waals surface area (Å²) in [6, 6.07) is 10.6. The van der Waals surface area contributed by atoms with Gasteiger partial charge in [-0.3, -0.25) is 9.69 Å². The Morgan fingerprint density at radius 1 is 1.17 bits per heavy atom. The molecule has 1 amide bonds. The summed E-state index contributed by atoms with van der Waals surface area (Å²) in [4.78, 5) is 26.1. The first-order valence-electron chi connectivity index (χ1n) is 8.30. The van der Waals surface area contributed by atoms with Gasteiger partial charge in [0.25, 0.3) is 0 Å². The predicted octanol–water partition coefficient (Wildman–Crippen LogP) is 2.76. The number of hydrogen-bond acceptors (Lipinski definition) is 5. The van der Waals surface area contributed by atoms with Crippen LogP contribution in [0.4, 0.5) is 11.8 Å². The lowest BCUT2D eigenvalue weighted by Gasteiger charge is -2.32. The molecule has 5 nitrogen and oxygen atoms in total. The van der Waals surface area contributed by atoms with Gasteiger partial charge in [-0.25, -0.2) is 4.98 Å². The van der Waals surface area contributed by atoms with E-state index >= 15 is 0 Å². The van der Waals surface area contributed by atoms with Crippen LogP contribution in [0.2, 0.25) is 0 Å². The van der Waals surface area contributed by atoms with Gasteiger partial charge < -0.3 is 4.90 Å². The van der Waals surface area contributed by atoms with Crippen molar-refractivity contribution in [1.29, 1.82) is 0 Å². The summed E-state index contributed by atoms with van der Waals surface area (Å²) in [5.74, 6) is 1.61. The van der Waals surface area contributed by atoms with Crippen LogP contribution < -0.4 is 9.80 Å². The van der Waals surface area contributed by atoms with E-state index in [1.54, 1.807) is 11.9 Å². The number of carbonyl (C=O) groups is 1. The van der Waals surface area contributed by atoms with E-state index in [4.69, 9.17) is 0 Å². The molecule has 0 atom stereocenters. The lowest BCUT2D eigenvalue weighted by molar-refractivity contribution is -0.117. The van der Waals surface area contributed by atoms with E-state index in [9.17, 15) is 4.79 Å². The van der Waals surface area contributed by atoms with E-state index in [-0.39, 0.29) is 5.91 Å². The van der Waals surface area contributed by atoms with Crippen molar-refractivity contribution < 1.29 is 4.79 Å². The Morgan fingerprint density at radius 2 is 1.92 bits per heavy atom. The summed E-state index contributed by atoms with van der Waals surface area (Å²) in [7, 11) is 1.79. The summed E-state index contributed by atoms with van der Waals surface area (Å²) < 4.78 is 0. The molecule has 24 heavy (non-hydrogen) atoms. The maximum Gasteiger partial charge on any atom is 0.232 e. The van der Waals surface area contributed by atoms with Crippen molar-refractivity contribution in [3.05, 3.63) is 42.1 Å². The average Bonchev–Trinajstić information content (AvgIpc) is 2.90. The Labute approximate surface area is 146 Å². The fraction of sp³-hybridized carbons (Fsp3) is 0.389. The smallest absolute Gasteiger partial charge is 0.232 e. The molecule has 0 radical (unpaired) electrons. The van der Waals surface area contributed by atoms with Gasteiger partial charge in [0.1, 0.15) is 5.82 Å². The minimum absolute atomic E-state index is 0.0921. The summed E-state index contributed by atoms with van der Waals surface area (Å²) in [6.45, 7) is 1.92. The zero-order valence-electron chi connectivity index (χ0n) is 13.7. The molecule has 0 bridgehead atoms. The topological polar surface area (TPSA) is 49.3 Å². The van der Waals surface area contributed by atoms with Crippen molar-refractivity contribution in [3.63, 3.8) is 0 Å². The largest absolute Gasteiger partial charge is 0.341 e. The maximum absolute atomic E-state index is 11.8. The number of likely N-dealkylation sites (N-methyl/N-ethyl adjacent to an activating group) is 1. The number of thioether (sulfide) groups is 1. The molecule has 3 heterocycles. The van der Waals surface area contributed by atoms with Gasteiger partial charge in [0.2, 0.25) is 11.9 Å². The van der Waals surface area contributed by atoms with Crippen molar-refractivity contribution in [3.8, 4) is 0 Å². The second-order valence-electron chi connectivity index (χ2n) is 6.27. The molecule has 2 aliphatic heterocycles.